The van der Waals surface area contributed by atoms with Crippen molar-refractivity contribution < 1.29 is 4.21 Å². The second-order valence-corrected chi connectivity index (χ2v) is 7.34. The summed E-state index contributed by atoms with van der Waals surface area (Å²) in [5.41, 5.74) is 0.791. The van der Waals surface area contributed by atoms with E-state index in [1.807, 2.05) is 6.07 Å². The summed E-state index contributed by atoms with van der Waals surface area (Å²) >= 11 is 12.2. The summed E-state index contributed by atoms with van der Waals surface area (Å²) in [4.78, 5) is 0. The van der Waals surface area contributed by atoms with Gasteiger partial charge in [0.25, 0.3) is 0 Å². The van der Waals surface area contributed by atoms with Crippen LogP contribution in [0, 0.1) is 0 Å². The summed E-state index contributed by atoms with van der Waals surface area (Å²) < 4.78 is 11.9. The highest BCUT2D eigenvalue weighted by atomic mass is 35.5. The van der Waals surface area contributed by atoms with Crippen LogP contribution in [0.4, 0.5) is 0 Å². The van der Waals surface area contributed by atoms with E-state index in [4.69, 9.17) is 23.2 Å². The van der Waals surface area contributed by atoms with E-state index in [0.29, 0.717) is 21.6 Å². The lowest BCUT2D eigenvalue weighted by molar-refractivity contribution is 0.369. The van der Waals surface area contributed by atoms with Gasteiger partial charge in [0, 0.05) is 43.9 Å². The van der Waals surface area contributed by atoms with E-state index < -0.39 is 10.8 Å². The predicted molar refractivity (Wildman–Crippen MR) is 74.3 cm³/mol. The van der Waals surface area contributed by atoms with Gasteiger partial charge in [-0.1, -0.05) is 23.2 Å². The Labute approximate surface area is 114 Å². The smallest absolute Gasteiger partial charge is 0.0456 e. The highest BCUT2D eigenvalue weighted by Crippen LogP contribution is 2.30. The largest absolute Gasteiger partial charge is 0.303 e. The minimum Gasteiger partial charge on any atom is -0.303 e. The number of hydrogen-bond acceptors (Lipinski definition) is 2. The van der Waals surface area contributed by atoms with Crippen LogP contribution in [0.3, 0.4) is 0 Å². The van der Waals surface area contributed by atoms with Crippen molar-refractivity contribution in [3.63, 3.8) is 0 Å². The zero-order valence-electron chi connectivity index (χ0n) is 9.80. The average Bonchev–Trinajstić information content (AvgIpc) is 2.18. The molecule has 2 rings (SSSR count). The molecule has 1 aliphatic rings. The molecule has 0 spiro atoms. The van der Waals surface area contributed by atoms with Gasteiger partial charge in [0.1, 0.15) is 0 Å². The molecule has 94 valence electrons. The van der Waals surface area contributed by atoms with Crippen molar-refractivity contribution in [3.8, 4) is 0 Å². The van der Waals surface area contributed by atoms with Gasteiger partial charge in [0.05, 0.1) is 0 Å². The number of nitrogens with one attached hydrogen (secondary N) is 1. The van der Waals surface area contributed by atoms with Crippen LogP contribution in [-0.4, -0.2) is 21.3 Å². The Bertz CT molecular complexity index is 462. The SMILES string of the molecule is CC1(C)CS(=O)CC(c2cc(Cl)ccc2Cl)N1. The second kappa shape index (κ2) is 4.88. The molecule has 0 saturated carbocycles. The number of hydrogen-bond donors (Lipinski definition) is 1. The molecule has 1 heterocycles. The third-order valence-electron chi connectivity index (χ3n) is 2.77. The first kappa shape index (κ1) is 13.3. The van der Waals surface area contributed by atoms with Gasteiger partial charge in [-0.05, 0) is 37.6 Å². The number of benzene rings is 1. The molecule has 1 fully saturated rings. The second-order valence-electron chi connectivity index (χ2n) is 5.00. The summed E-state index contributed by atoms with van der Waals surface area (Å²) in [5, 5.41) is 4.79. The van der Waals surface area contributed by atoms with Crippen LogP contribution in [0.15, 0.2) is 18.2 Å². The minimum absolute atomic E-state index is 0.00535. The Morgan fingerprint density at radius 3 is 2.76 bits per heavy atom. The Hall–Kier alpha value is -0.0900. The summed E-state index contributed by atoms with van der Waals surface area (Å²) in [7, 11) is -0.819. The van der Waals surface area contributed by atoms with Crippen LogP contribution in [0.2, 0.25) is 10.0 Å². The predicted octanol–water partition coefficient (Wildman–Crippen LogP) is 3.17. The van der Waals surface area contributed by atoms with Gasteiger partial charge in [-0.2, -0.15) is 0 Å². The molecule has 2 nitrogen and oxygen atoms in total. The lowest BCUT2D eigenvalue weighted by Crippen LogP contribution is -2.52. The fraction of sp³-hybridized carbons (Fsp3) is 0.500. The number of rotatable bonds is 1. The van der Waals surface area contributed by atoms with Crippen molar-refractivity contribution in [1.29, 1.82) is 0 Å². The number of halogens is 2. The van der Waals surface area contributed by atoms with Gasteiger partial charge < -0.3 is 5.32 Å². The first-order valence-corrected chi connectivity index (χ1v) is 7.69. The molecule has 1 N–H and O–H groups in total. The summed E-state index contributed by atoms with van der Waals surface area (Å²) in [5.74, 6) is 1.26. The fourth-order valence-electron chi connectivity index (χ4n) is 2.15. The zero-order valence-corrected chi connectivity index (χ0v) is 12.1. The molecule has 1 saturated heterocycles. The molecule has 2 atom stereocenters. The van der Waals surface area contributed by atoms with Crippen LogP contribution in [-0.2, 0) is 10.8 Å². The van der Waals surface area contributed by atoms with Crippen molar-refractivity contribution in [2.45, 2.75) is 25.4 Å². The van der Waals surface area contributed by atoms with Gasteiger partial charge in [0.2, 0.25) is 0 Å². The molecule has 17 heavy (non-hydrogen) atoms. The van der Waals surface area contributed by atoms with Crippen LogP contribution < -0.4 is 5.32 Å². The Morgan fingerprint density at radius 1 is 1.41 bits per heavy atom. The third-order valence-corrected chi connectivity index (χ3v) is 5.10. The first-order valence-electron chi connectivity index (χ1n) is 5.45. The van der Waals surface area contributed by atoms with Gasteiger partial charge in [-0.3, -0.25) is 4.21 Å². The highest BCUT2D eigenvalue weighted by Gasteiger charge is 2.32. The van der Waals surface area contributed by atoms with E-state index in [1.165, 1.54) is 0 Å². The van der Waals surface area contributed by atoms with E-state index in [1.54, 1.807) is 12.1 Å². The molecule has 0 aliphatic carbocycles. The monoisotopic (exact) mass is 291 g/mol. The average molecular weight is 292 g/mol. The van der Waals surface area contributed by atoms with Gasteiger partial charge in [-0.25, -0.2) is 0 Å². The van der Waals surface area contributed by atoms with Crippen molar-refractivity contribution in [1.82, 2.24) is 5.32 Å². The molecule has 1 aliphatic heterocycles. The van der Waals surface area contributed by atoms with Gasteiger partial charge in [0.15, 0.2) is 0 Å². The van der Waals surface area contributed by atoms with Crippen molar-refractivity contribution >= 4 is 34.0 Å². The van der Waals surface area contributed by atoms with Crippen LogP contribution in [0.5, 0.6) is 0 Å². The van der Waals surface area contributed by atoms with Crippen LogP contribution >= 0.6 is 23.2 Å². The van der Waals surface area contributed by atoms with Crippen molar-refractivity contribution in [2.24, 2.45) is 0 Å². The molecular formula is C12H15Cl2NOS. The normalized spacial score (nSPS) is 28.0. The van der Waals surface area contributed by atoms with E-state index in [0.717, 1.165) is 5.56 Å². The molecule has 0 radical (unpaired) electrons. The summed E-state index contributed by atoms with van der Waals surface area (Å²) in [6.07, 6.45) is 0. The minimum atomic E-state index is -0.819. The van der Waals surface area contributed by atoms with Crippen LogP contribution in [0.1, 0.15) is 25.5 Å². The maximum Gasteiger partial charge on any atom is 0.0456 e. The highest BCUT2D eigenvalue weighted by molar-refractivity contribution is 7.85. The van der Waals surface area contributed by atoms with E-state index in [2.05, 4.69) is 19.2 Å². The van der Waals surface area contributed by atoms with Crippen molar-refractivity contribution in [2.75, 3.05) is 11.5 Å². The van der Waals surface area contributed by atoms with Crippen molar-refractivity contribution in [3.05, 3.63) is 33.8 Å². The molecule has 1 aromatic carbocycles. The molecule has 1 aromatic rings. The third kappa shape index (κ3) is 3.22. The fourth-order valence-corrected chi connectivity index (χ4v) is 4.22. The Morgan fingerprint density at radius 2 is 2.12 bits per heavy atom. The Balaban J connectivity index is 2.33. The maximum atomic E-state index is 11.9. The van der Waals surface area contributed by atoms with Gasteiger partial charge in [-0.15, -0.1) is 0 Å². The summed E-state index contributed by atoms with van der Waals surface area (Å²) in [6.45, 7) is 4.10. The first-order chi connectivity index (χ1) is 7.87. The van der Waals surface area contributed by atoms with Crippen LogP contribution in [0.25, 0.3) is 0 Å². The lowest BCUT2D eigenvalue weighted by atomic mass is 10.0. The molecule has 0 aromatic heterocycles. The molecule has 2 unspecified atom stereocenters. The van der Waals surface area contributed by atoms with E-state index >= 15 is 0 Å². The summed E-state index contributed by atoms with van der Waals surface area (Å²) in [6, 6.07) is 5.40. The van der Waals surface area contributed by atoms with E-state index in [-0.39, 0.29) is 11.6 Å². The molecule has 0 amide bonds. The standard InChI is InChI=1S/C12H15Cl2NOS/c1-12(2)7-17(16)6-11(15-12)9-5-8(13)3-4-10(9)14/h3-5,11,15H,6-7H2,1-2H3. The zero-order chi connectivity index (χ0) is 12.6. The topological polar surface area (TPSA) is 29.1 Å². The van der Waals surface area contributed by atoms with Gasteiger partial charge >= 0.3 is 0 Å². The maximum absolute atomic E-state index is 11.9. The molecule has 0 bridgehead atoms. The molecular weight excluding hydrogens is 277 g/mol. The molecule has 5 heteroatoms. The Kier molecular flexibility index (Phi) is 3.83. The lowest BCUT2D eigenvalue weighted by Gasteiger charge is -2.37. The van der Waals surface area contributed by atoms with E-state index in [9.17, 15) is 4.21 Å². The quantitative estimate of drug-likeness (QED) is 0.861.